The molecule has 1 N–H and O–H groups in total. The molecule has 0 bridgehead atoms. The second-order valence-electron chi connectivity index (χ2n) is 3.75. The van der Waals surface area contributed by atoms with Crippen molar-refractivity contribution >= 4 is 9.84 Å². The van der Waals surface area contributed by atoms with E-state index in [1.165, 1.54) is 0 Å². The predicted molar refractivity (Wildman–Crippen MR) is 54.4 cm³/mol. The minimum atomic E-state index is -3.02. The van der Waals surface area contributed by atoms with Crippen LogP contribution in [0.3, 0.4) is 0 Å². The van der Waals surface area contributed by atoms with E-state index in [0.717, 1.165) is 0 Å². The average Bonchev–Trinajstić information content (AvgIpc) is 1.97. The molecule has 0 aliphatic rings. The lowest BCUT2D eigenvalue weighted by molar-refractivity contribution is 0.0772. The second kappa shape index (κ2) is 4.77. The highest BCUT2D eigenvalue weighted by Crippen LogP contribution is 2.09. The van der Waals surface area contributed by atoms with Gasteiger partial charge < -0.3 is 5.11 Å². The molecule has 0 atom stereocenters. The first kappa shape index (κ1) is 12.7. The van der Waals surface area contributed by atoms with Gasteiger partial charge >= 0.3 is 0 Å². The summed E-state index contributed by atoms with van der Waals surface area (Å²) >= 11 is 0. The Kier molecular flexibility index (Phi) is 4.64. The van der Waals surface area contributed by atoms with E-state index in [4.69, 9.17) is 0 Å². The largest absolute Gasteiger partial charge is 0.390 e. The Morgan fingerprint density at radius 1 is 1.38 bits per heavy atom. The van der Waals surface area contributed by atoms with E-state index < -0.39 is 15.4 Å². The summed E-state index contributed by atoms with van der Waals surface area (Å²) in [5, 5.41) is 9.32. The van der Waals surface area contributed by atoms with Crippen LogP contribution in [0.1, 0.15) is 27.2 Å². The Labute approximate surface area is 80.4 Å². The summed E-state index contributed by atoms with van der Waals surface area (Å²) < 4.78 is 22.5. The number of allylic oxidation sites excluding steroid dienone is 1. The fourth-order valence-electron chi connectivity index (χ4n) is 0.731. The molecule has 0 radical (unpaired) electrons. The van der Waals surface area contributed by atoms with Crippen molar-refractivity contribution in [1.82, 2.24) is 0 Å². The zero-order chi connectivity index (χ0) is 10.5. The molecule has 4 heteroatoms. The van der Waals surface area contributed by atoms with Crippen LogP contribution >= 0.6 is 0 Å². The summed E-state index contributed by atoms with van der Waals surface area (Å²) in [6, 6.07) is 0. The normalized spacial score (nSPS) is 13.8. The molecule has 0 aliphatic heterocycles. The molecule has 0 aliphatic carbocycles. The van der Waals surface area contributed by atoms with Gasteiger partial charge in [0.2, 0.25) is 0 Å². The third kappa shape index (κ3) is 7.99. The topological polar surface area (TPSA) is 54.4 Å². The quantitative estimate of drug-likeness (QED) is 0.686. The van der Waals surface area contributed by atoms with Crippen molar-refractivity contribution in [3.8, 4) is 0 Å². The third-order valence-corrected chi connectivity index (χ3v) is 3.14. The van der Waals surface area contributed by atoms with Crippen molar-refractivity contribution in [2.75, 3.05) is 11.5 Å². The van der Waals surface area contributed by atoms with Crippen LogP contribution in [0.5, 0.6) is 0 Å². The molecule has 3 nitrogen and oxygen atoms in total. The highest BCUT2D eigenvalue weighted by Gasteiger charge is 2.17. The molecular formula is C9H18O3S. The maximum atomic E-state index is 11.3. The van der Waals surface area contributed by atoms with Crippen molar-refractivity contribution in [1.29, 1.82) is 0 Å². The minimum absolute atomic E-state index is 0.0425. The van der Waals surface area contributed by atoms with E-state index in [1.54, 1.807) is 32.9 Å². The van der Waals surface area contributed by atoms with Gasteiger partial charge in [0.15, 0.2) is 9.84 Å². The maximum absolute atomic E-state index is 11.3. The van der Waals surface area contributed by atoms with Crippen LogP contribution in [0.4, 0.5) is 0 Å². The number of sulfone groups is 1. The fraction of sp³-hybridized carbons (Fsp3) is 0.778. The summed E-state index contributed by atoms with van der Waals surface area (Å²) in [5.41, 5.74) is -0.900. The van der Waals surface area contributed by atoms with Crippen molar-refractivity contribution < 1.29 is 13.5 Å². The lowest BCUT2D eigenvalue weighted by atomic mass is 10.1. The van der Waals surface area contributed by atoms with Crippen LogP contribution < -0.4 is 0 Å². The van der Waals surface area contributed by atoms with Crippen LogP contribution in [0.15, 0.2) is 12.2 Å². The van der Waals surface area contributed by atoms with E-state index in [0.29, 0.717) is 0 Å². The van der Waals surface area contributed by atoms with Crippen LogP contribution in [-0.4, -0.2) is 30.6 Å². The van der Waals surface area contributed by atoms with E-state index in [1.807, 2.05) is 0 Å². The van der Waals surface area contributed by atoms with Crippen molar-refractivity contribution in [2.24, 2.45) is 0 Å². The van der Waals surface area contributed by atoms with E-state index in [-0.39, 0.29) is 17.9 Å². The van der Waals surface area contributed by atoms with Crippen LogP contribution in [-0.2, 0) is 9.84 Å². The van der Waals surface area contributed by atoms with E-state index in [9.17, 15) is 13.5 Å². The molecule has 0 saturated carbocycles. The lowest BCUT2D eigenvalue weighted by Crippen LogP contribution is -2.24. The highest BCUT2D eigenvalue weighted by atomic mass is 32.2. The molecule has 13 heavy (non-hydrogen) atoms. The van der Waals surface area contributed by atoms with Gasteiger partial charge in [-0.3, -0.25) is 0 Å². The molecule has 0 rings (SSSR count). The van der Waals surface area contributed by atoms with Crippen LogP contribution in [0.25, 0.3) is 0 Å². The summed E-state index contributed by atoms with van der Waals surface area (Å²) in [6.07, 6.45) is 3.61. The molecule has 78 valence electrons. The number of rotatable bonds is 5. The van der Waals surface area contributed by atoms with E-state index in [2.05, 4.69) is 0 Å². The van der Waals surface area contributed by atoms with Gasteiger partial charge in [-0.1, -0.05) is 12.2 Å². The third-order valence-electron chi connectivity index (χ3n) is 1.61. The Morgan fingerprint density at radius 2 is 1.92 bits per heavy atom. The summed E-state index contributed by atoms with van der Waals surface area (Å²) in [5.74, 6) is 0.112. The summed E-state index contributed by atoms with van der Waals surface area (Å²) in [6.45, 7) is 5.00. The smallest absolute Gasteiger partial charge is 0.153 e. The Morgan fingerprint density at radius 3 is 2.31 bits per heavy atom. The standard InChI is InChI=1S/C9H18O3S/c1-4-5-7-13(11,12)8-6-9(2,3)10/h4-5,10H,6-8H2,1-3H3/b5-4+. The number of hydrogen-bond donors (Lipinski definition) is 1. The molecule has 0 saturated heterocycles. The second-order valence-corrected chi connectivity index (χ2v) is 5.97. The molecular weight excluding hydrogens is 188 g/mol. The fourth-order valence-corrected chi connectivity index (χ4v) is 2.19. The number of aliphatic hydroxyl groups is 1. The van der Waals surface area contributed by atoms with Gasteiger partial charge in [-0.2, -0.15) is 0 Å². The summed E-state index contributed by atoms with van der Waals surface area (Å²) in [4.78, 5) is 0. The van der Waals surface area contributed by atoms with E-state index >= 15 is 0 Å². The molecule has 0 amide bonds. The van der Waals surface area contributed by atoms with Crippen LogP contribution in [0, 0.1) is 0 Å². The first-order chi connectivity index (χ1) is 5.77. The molecule has 0 aromatic heterocycles. The van der Waals surface area contributed by atoms with Crippen molar-refractivity contribution in [3.05, 3.63) is 12.2 Å². The molecule has 0 aromatic carbocycles. The Balaban J connectivity index is 4.05. The first-order valence-electron chi connectivity index (χ1n) is 4.31. The first-order valence-corrected chi connectivity index (χ1v) is 6.13. The van der Waals surface area contributed by atoms with Gasteiger partial charge in [0.1, 0.15) is 0 Å². The molecule has 0 heterocycles. The zero-order valence-corrected chi connectivity index (χ0v) is 9.26. The van der Waals surface area contributed by atoms with Crippen molar-refractivity contribution in [2.45, 2.75) is 32.8 Å². The minimum Gasteiger partial charge on any atom is -0.390 e. The van der Waals surface area contributed by atoms with Gasteiger partial charge in [0.05, 0.1) is 17.1 Å². The lowest BCUT2D eigenvalue weighted by Gasteiger charge is -2.16. The predicted octanol–water partition coefficient (Wildman–Crippen LogP) is 1.14. The molecule has 0 unspecified atom stereocenters. The molecule has 0 aromatic rings. The average molecular weight is 206 g/mol. The Hall–Kier alpha value is -0.350. The monoisotopic (exact) mass is 206 g/mol. The van der Waals surface area contributed by atoms with Gasteiger partial charge in [0, 0.05) is 0 Å². The van der Waals surface area contributed by atoms with Crippen molar-refractivity contribution in [3.63, 3.8) is 0 Å². The Bertz CT molecular complexity index is 257. The van der Waals surface area contributed by atoms with Gasteiger partial charge in [0.25, 0.3) is 0 Å². The molecule has 0 spiro atoms. The summed E-state index contributed by atoms with van der Waals surface area (Å²) in [7, 11) is -3.02. The molecule has 0 fully saturated rings. The SMILES string of the molecule is C/C=C/CS(=O)(=O)CCC(C)(C)O. The highest BCUT2D eigenvalue weighted by molar-refractivity contribution is 7.91. The van der Waals surface area contributed by atoms with Gasteiger partial charge in [-0.05, 0) is 27.2 Å². The van der Waals surface area contributed by atoms with Gasteiger partial charge in [-0.25, -0.2) is 8.42 Å². The maximum Gasteiger partial charge on any atom is 0.153 e. The number of hydrogen-bond acceptors (Lipinski definition) is 3. The zero-order valence-electron chi connectivity index (χ0n) is 8.45. The van der Waals surface area contributed by atoms with Crippen LogP contribution in [0.2, 0.25) is 0 Å². The van der Waals surface area contributed by atoms with Gasteiger partial charge in [-0.15, -0.1) is 0 Å².